The summed E-state index contributed by atoms with van der Waals surface area (Å²) in [4.78, 5) is 10.0. The van der Waals surface area contributed by atoms with Gasteiger partial charge < -0.3 is 10.1 Å². The molecule has 3 rings (SSSR count). The Kier molecular flexibility index (Phi) is 6.30. The lowest BCUT2D eigenvalue weighted by Gasteiger charge is -2.18. The SMILES string of the molecule is CCc1nc(-c2c(C)cc(C)cc2OC)c(CC)nc1NCc1ccccc1. The summed E-state index contributed by atoms with van der Waals surface area (Å²) in [6.07, 6.45) is 1.62. The number of aryl methyl sites for hydroxylation is 4. The van der Waals surface area contributed by atoms with Crippen molar-refractivity contribution >= 4 is 5.82 Å². The zero-order valence-electron chi connectivity index (χ0n) is 17.5. The standard InChI is InChI=1S/C24H29N3O/c1-6-19-23(22-17(4)13-16(3)14-21(22)28-5)26-20(7-2)24(27-19)25-15-18-11-9-8-10-12-18/h8-14H,6-7,15H2,1-5H3,(H,25,27). The molecule has 146 valence electrons. The molecule has 0 unspecified atom stereocenters. The van der Waals surface area contributed by atoms with Gasteiger partial charge in [0.15, 0.2) is 0 Å². The minimum absolute atomic E-state index is 0.734. The summed E-state index contributed by atoms with van der Waals surface area (Å²) < 4.78 is 5.69. The largest absolute Gasteiger partial charge is 0.496 e. The van der Waals surface area contributed by atoms with E-state index in [2.05, 4.69) is 69.4 Å². The third kappa shape index (κ3) is 4.16. The van der Waals surface area contributed by atoms with E-state index in [9.17, 15) is 0 Å². The second-order valence-electron chi connectivity index (χ2n) is 7.02. The van der Waals surface area contributed by atoms with Crippen molar-refractivity contribution in [1.29, 1.82) is 0 Å². The van der Waals surface area contributed by atoms with Crippen LogP contribution in [-0.4, -0.2) is 17.1 Å². The minimum Gasteiger partial charge on any atom is -0.496 e. The molecule has 0 atom stereocenters. The molecule has 0 spiro atoms. The summed E-state index contributed by atoms with van der Waals surface area (Å²) in [7, 11) is 1.72. The topological polar surface area (TPSA) is 47.0 Å². The molecule has 28 heavy (non-hydrogen) atoms. The quantitative estimate of drug-likeness (QED) is 0.592. The number of methoxy groups -OCH3 is 1. The van der Waals surface area contributed by atoms with Gasteiger partial charge >= 0.3 is 0 Å². The van der Waals surface area contributed by atoms with Gasteiger partial charge in [-0.3, -0.25) is 0 Å². The van der Waals surface area contributed by atoms with Crippen molar-refractivity contribution < 1.29 is 4.74 Å². The van der Waals surface area contributed by atoms with Gasteiger partial charge in [-0.25, -0.2) is 9.97 Å². The van der Waals surface area contributed by atoms with Crippen molar-refractivity contribution in [3.05, 3.63) is 70.5 Å². The Morgan fingerprint density at radius 3 is 2.29 bits per heavy atom. The van der Waals surface area contributed by atoms with Crippen LogP contribution in [-0.2, 0) is 19.4 Å². The van der Waals surface area contributed by atoms with Gasteiger partial charge in [0.25, 0.3) is 0 Å². The van der Waals surface area contributed by atoms with Crippen LogP contribution in [0.15, 0.2) is 42.5 Å². The number of aromatic nitrogens is 2. The Bertz CT molecular complexity index is 952. The van der Waals surface area contributed by atoms with Gasteiger partial charge in [0.1, 0.15) is 11.6 Å². The molecular formula is C24H29N3O. The first-order valence-corrected chi connectivity index (χ1v) is 9.90. The fraction of sp³-hybridized carbons (Fsp3) is 0.333. The fourth-order valence-electron chi connectivity index (χ4n) is 3.51. The Morgan fingerprint density at radius 1 is 0.929 bits per heavy atom. The molecule has 1 N–H and O–H groups in total. The van der Waals surface area contributed by atoms with E-state index in [1.165, 1.54) is 11.1 Å². The second-order valence-corrected chi connectivity index (χ2v) is 7.02. The van der Waals surface area contributed by atoms with Crippen molar-refractivity contribution in [2.24, 2.45) is 0 Å². The van der Waals surface area contributed by atoms with Crippen LogP contribution in [0, 0.1) is 13.8 Å². The molecule has 0 aliphatic carbocycles. The van der Waals surface area contributed by atoms with Crippen LogP contribution < -0.4 is 10.1 Å². The van der Waals surface area contributed by atoms with Crippen LogP contribution in [0.5, 0.6) is 5.75 Å². The molecule has 0 aliphatic rings. The summed E-state index contributed by atoms with van der Waals surface area (Å²) in [5.41, 5.74) is 7.50. The van der Waals surface area contributed by atoms with Gasteiger partial charge in [-0.2, -0.15) is 0 Å². The highest BCUT2D eigenvalue weighted by Crippen LogP contribution is 2.36. The van der Waals surface area contributed by atoms with Gasteiger partial charge in [-0.15, -0.1) is 0 Å². The molecule has 2 aromatic carbocycles. The van der Waals surface area contributed by atoms with Crippen LogP contribution in [0.4, 0.5) is 5.82 Å². The lowest BCUT2D eigenvalue weighted by atomic mass is 9.99. The number of rotatable bonds is 7. The fourth-order valence-corrected chi connectivity index (χ4v) is 3.51. The van der Waals surface area contributed by atoms with Crippen molar-refractivity contribution in [2.75, 3.05) is 12.4 Å². The molecule has 0 radical (unpaired) electrons. The van der Waals surface area contributed by atoms with E-state index in [1.807, 2.05) is 6.07 Å². The molecule has 0 saturated carbocycles. The monoisotopic (exact) mass is 375 g/mol. The molecule has 0 saturated heterocycles. The molecule has 1 aromatic heterocycles. The second kappa shape index (κ2) is 8.87. The highest BCUT2D eigenvalue weighted by molar-refractivity contribution is 5.74. The molecule has 3 aromatic rings. The Hall–Kier alpha value is -2.88. The van der Waals surface area contributed by atoms with Crippen LogP contribution in [0.25, 0.3) is 11.3 Å². The van der Waals surface area contributed by atoms with E-state index in [1.54, 1.807) is 7.11 Å². The van der Waals surface area contributed by atoms with Crippen molar-refractivity contribution in [2.45, 2.75) is 47.1 Å². The first-order chi connectivity index (χ1) is 13.6. The number of hydrogen-bond donors (Lipinski definition) is 1. The normalized spacial score (nSPS) is 10.8. The number of anilines is 1. The molecule has 4 nitrogen and oxygen atoms in total. The summed E-state index contributed by atoms with van der Waals surface area (Å²) in [5.74, 6) is 1.73. The Morgan fingerprint density at radius 2 is 1.64 bits per heavy atom. The summed E-state index contributed by atoms with van der Waals surface area (Å²) in [6.45, 7) is 9.17. The van der Waals surface area contributed by atoms with Crippen LogP contribution >= 0.6 is 0 Å². The highest BCUT2D eigenvalue weighted by atomic mass is 16.5. The van der Waals surface area contributed by atoms with E-state index in [4.69, 9.17) is 14.7 Å². The minimum atomic E-state index is 0.734. The van der Waals surface area contributed by atoms with E-state index in [-0.39, 0.29) is 0 Å². The van der Waals surface area contributed by atoms with Crippen LogP contribution in [0.2, 0.25) is 0 Å². The molecule has 0 aliphatic heterocycles. The lowest BCUT2D eigenvalue weighted by Crippen LogP contribution is -2.10. The van der Waals surface area contributed by atoms with Gasteiger partial charge in [-0.05, 0) is 49.4 Å². The van der Waals surface area contributed by atoms with E-state index >= 15 is 0 Å². The number of nitrogens with one attached hydrogen (secondary N) is 1. The van der Waals surface area contributed by atoms with Crippen molar-refractivity contribution in [3.63, 3.8) is 0 Å². The van der Waals surface area contributed by atoms with Crippen molar-refractivity contribution in [3.8, 4) is 17.0 Å². The third-order valence-corrected chi connectivity index (χ3v) is 4.91. The molecular weight excluding hydrogens is 346 g/mol. The summed E-state index contributed by atoms with van der Waals surface area (Å²) in [6, 6.07) is 14.6. The predicted molar refractivity (Wildman–Crippen MR) is 116 cm³/mol. The predicted octanol–water partition coefficient (Wildman–Crippen LogP) is 5.51. The number of benzene rings is 2. The zero-order chi connectivity index (χ0) is 20.1. The molecule has 1 heterocycles. The first-order valence-electron chi connectivity index (χ1n) is 9.90. The maximum Gasteiger partial charge on any atom is 0.148 e. The summed E-state index contributed by atoms with van der Waals surface area (Å²) in [5, 5.41) is 3.48. The van der Waals surface area contributed by atoms with E-state index in [0.717, 1.165) is 59.2 Å². The number of hydrogen-bond acceptors (Lipinski definition) is 4. The third-order valence-electron chi connectivity index (χ3n) is 4.91. The molecule has 0 bridgehead atoms. The smallest absolute Gasteiger partial charge is 0.148 e. The van der Waals surface area contributed by atoms with Crippen LogP contribution in [0.3, 0.4) is 0 Å². The maximum atomic E-state index is 5.69. The van der Waals surface area contributed by atoms with Gasteiger partial charge in [0.05, 0.1) is 24.2 Å². The number of nitrogens with zero attached hydrogens (tertiary/aromatic N) is 2. The average Bonchev–Trinajstić information content (AvgIpc) is 2.72. The number of ether oxygens (including phenoxy) is 1. The average molecular weight is 376 g/mol. The lowest BCUT2D eigenvalue weighted by molar-refractivity contribution is 0.415. The van der Waals surface area contributed by atoms with E-state index in [0.29, 0.717) is 0 Å². The Labute approximate surface area is 168 Å². The molecule has 0 fully saturated rings. The van der Waals surface area contributed by atoms with Gasteiger partial charge in [0.2, 0.25) is 0 Å². The van der Waals surface area contributed by atoms with E-state index < -0.39 is 0 Å². The van der Waals surface area contributed by atoms with Gasteiger partial charge in [-0.1, -0.05) is 50.2 Å². The van der Waals surface area contributed by atoms with Crippen molar-refractivity contribution in [1.82, 2.24) is 9.97 Å². The Balaban J connectivity index is 2.05. The maximum absolute atomic E-state index is 5.69. The summed E-state index contributed by atoms with van der Waals surface area (Å²) >= 11 is 0. The highest BCUT2D eigenvalue weighted by Gasteiger charge is 2.19. The molecule has 0 amide bonds. The zero-order valence-corrected chi connectivity index (χ0v) is 17.5. The molecule has 4 heteroatoms. The first kappa shape index (κ1) is 19.9. The van der Waals surface area contributed by atoms with Crippen LogP contribution in [0.1, 0.15) is 41.9 Å². The van der Waals surface area contributed by atoms with Gasteiger partial charge in [0, 0.05) is 12.1 Å².